The Balaban J connectivity index is 2.16. The molecule has 27 heavy (non-hydrogen) atoms. The van der Waals surface area contributed by atoms with Crippen LogP contribution in [0.15, 0.2) is 54.6 Å². The maximum Gasteiger partial charge on any atom is 0.471 e. The van der Waals surface area contributed by atoms with Gasteiger partial charge in [0.25, 0.3) is 5.69 Å². The summed E-state index contributed by atoms with van der Waals surface area (Å²) >= 11 is 0. The molecule has 1 atom stereocenters. The molecule has 7 nitrogen and oxygen atoms in total. The van der Waals surface area contributed by atoms with Crippen LogP contribution in [-0.2, 0) is 16.0 Å². The lowest BCUT2D eigenvalue weighted by molar-refractivity contribution is -0.384. The van der Waals surface area contributed by atoms with Gasteiger partial charge in [-0.3, -0.25) is 14.9 Å². The summed E-state index contributed by atoms with van der Waals surface area (Å²) in [7, 11) is 0. The second-order valence-corrected chi connectivity index (χ2v) is 5.39. The van der Waals surface area contributed by atoms with Crippen LogP contribution in [0.2, 0.25) is 0 Å². The van der Waals surface area contributed by atoms with Gasteiger partial charge in [-0.05, 0) is 17.7 Å². The minimum Gasteiger partial charge on any atom is -0.425 e. The molecule has 10 heteroatoms. The highest BCUT2D eigenvalue weighted by atomic mass is 19.4. The molecule has 0 aromatic heterocycles. The number of halogens is 3. The van der Waals surface area contributed by atoms with Gasteiger partial charge in [-0.2, -0.15) is 13.2 Å². The number of nitrogens with one attached hydrogen (secondary N) is 1. The van der Waals surface area contributed by atoms with Gasteiger partial charge in [-0.15, -0.1) is 0 Å². The molecular formula is C17H13F3N2O5. The molecule has 2 aromatic rings. The van der Waals surface area contributed by atoms with Crippen LogP contribution in [0.25, 0.3) is 0 Å². The first-order valence-electron chi connectivity index (χ1n) is 7.54. The molecule has 0 heterocycles. The fourth-order valence-corrected chi connectivity index (χ4v) is 2.11. The molecule has 0 aliphatic heterocycles. The number of alkyl halides is 3. The Hall–Kier alpha value is -3.43. The van der Waals surface area contributed by atoms with E-state index in [1.807, 2.05) is 0 Å². The van der Waals surface area contributed by atoms with E-state index in [0.717, 1.165) is 24.3 Å². The van der Waals surface area contributed by atoms with Gasteiger partial charge in [0.2, 0.25) is 0 Å². The highest BCUT2D eigenvalue weighted by molar-refractivity contribution is 5.88. The fraction of sp³-hybridized carbons (Fsp3) is 0.176. The van der Waals surface area contributed by atoms with Crippen molar-refractivity contribution >= 4 is 17.6 Å². The highest BCUT2D eigenvalue weighted by Gasteiger charge is 2.41. The van der Waals surface area contributed by atoms with Crippen LogP contribution in [-0.4, -0.2) is 29.0 Å². The Morgan fingerprint density at radius 2 is 1.67 bits per heavy atom. The number of rotatable bonds is 6. The van der Waals surface area contributed by atoms with E-state index < -0.39 is 29.0 Å². The Labute approximate surface area is 150 Å². The summed E-state index contributed by atoms with van der Waals surface area (Å²) in [5.41, 5.74) is 0.256. The molecule has 2 aromatic carbocycles. The summed E-state index contributed by atoms with van der Waals surface area (Å²) in [6.07, 6.45) is -5.39. The Morgan fingerprint density at radius 3 is 2.19 bits per heavy atom. The van der Waals surface area contributed by atoms with Gasteiger partial charge in [0.15, 0.2) is 0 Å². The van der Waals surface area contributed by atoms with Crippen molar-refractivity contribution in [3.05, 3.63) is 70.3 Å². The quantitative estimate of drug-likeness (QED) is 0.359. The standard InChI is InChI=1S/C17H13F3N2O5/c18-17(19,20)16(24)21-14(10-11-4-2-1-3-5-11)15(23)27-13-8-6-12(7-9-13)22(25)26/h1-9,14H,10H2,(H,21,24)/t14-/m0/s1. The predicted octanol–water partition coefficient (Wildman–Crippen LogP) is 2.79. The third-order valence-electron chi connectivity index (χ3n) is 3.40. The fourth-order valence-electron chi connectivity index (χ4n) is 2.11. The molecule has 1 N–H and O–H groups in total. The number of benzene rings is 2. The van der Waals surface area contributed by atoms with E-state index in [1.165, 1.54) is 0 Å². The van der Waals surface area contributed by atoms with E-state index >= 15 is 0 Å². The first kappa shape index (κ1) is 19.9. The van der Waals surface area contributed by atoms with E-state index in [-0.39, 0.29) is 17.9 Å². The number of hydrogen-bond acceptors (Lipinski definition) is 5. The summed E-state index contributed by atoms with van der Waals surface area (Å²) < 4.78 is 42.5. The van der Waals surface area contributed by atoms with Crippen molar-refractivity contribution in [3.63, 3.8) is 0 Å². The van der Waals surface area contributed by atoms with Gasteiger partial charge in [-0.25, -0.2) is 4.79 Å². The van der Waals surface area contributed by atoms with Crippen LogP contribution in [0.4, 0.5) is 18.9 Å². The molecule has 0 unspecified atom stereocenters. The molecule has 2 rings (SSSR count). The molecular weight excluding hydrogens is 369 g/mol. The normalized spacial score (nSPS) is 12.1. The maximum absolute atomic E-state index is 12.5. The van der Waals surface area contributed by atoms with Crippen LogP contribution in [0.5, 0.6) is 5.75 Å². The first-order chi connectivity index (χ1) is 12.7. The number of nitrogens with zero attached hydrogens (tertiary/aromatic N) is 1. The monoisotopic (exact) mass is 382 g/mol. The van der Waals surface area contributed by atoms with Crippen molar-refractivity contribution < 1.29 is 32.4 Å². The summed E-state index contributed by atoms with van der Waals surface area (Å²) in [4.78, 5) is 33.4. The molecule has 0 saturated carbocycles. The molecule has 0 bridgehead atoms. The van der Waals surface area contributed by atoms with Crippen LogP contribution >= 0.6 is 0 Å². The zero-order valence-corrected chi connectivity index (χ0v) is 13.6. The first-order valence-corrected chi connectivity index (χ1v) is 7.54. The zero-order valence-electron chi connectivity index (χ0n) is 13.6. The van der Waals surface area contributed by atoms with E-state index in [2.05, 4.69) is 0 Å². The molecule has 0 aliphatic carbocycles. The Bertz CT molecular complexity index is 823. The highest BCUT2D eigenvalue weighted by Crippen LogP contribution is 2.19. The molecule has 0 spiro atoms. The number of hydrogen-bond donors (Lipinski definition) is 1. The van der Waals surface area contributed by atoms with Gasteiger partial charge in [0.05, 0.1) is 4.92 Å². The largest absolute Gasteiger partial charge is 0.471 e. The lowest BCUT2D eigenvalue weighted by Crippen LogP contribution is -2.49. The molecule has 0 fully saturated rings. The van der Waals surface area contributed by atoms with Gasteiger partial charge >= 0.3 is 18.1 Å². The molecule has 0 aliphatic rings. The number of esters is 1. The molecule has 142 valence electrons. The second kappa shape index (κ2) is 8.30. The number of carbonyl (C=O) groups is 2. The van der Waals surface area contributed by atoms with Crippen molar-refractivity contribution in [2.45, 2.75) is 18.6 Å². The number of nitro groups is 1. The number of nitro benzene ring substituents is 1. The van der Waals surface area contributed by atoms with Crippen molar-refractivity contribution in [3.8, 4) is 5.75 Å². The average Bonchev–Trinajstić information content (AvgIpc) is 2.61. The van der Waals surface area contributed by atoms with E-state index in [0.29, 0.717) is 5.56 Å². The van der Waals surface area contributed by atoms with Crippen LogP contribution < -0.4 is 10.1 Å². The smallest absolute Gasteiger partial charge is 0.425 e. The van der Waals surface area contributed by atoms with Gasteiger partial charge in [0.1, 0.15) is 11.8 Å². The lowest BCUT2D eigenvalue weighted by atomic mass is 10.1. The van der Waals surface area contributed by atoms with Crippen LogP contribution in [0, 0.1) is 10.1 Å². The van der Waals surface area contributed by atoms with Crippen molar-refractivity contribution in [1.82, 2.24) is 5.32 Å². The summed E-state index contributed by atoms with van der Waals surface area (Å²) in [5.74, 6) is -3.51. The zero-order chi connectivity index (χ0) is 20.0. The van der Waals surface area contributed by atoms with Crippen LogP contribution in [0.1, 0.15) is 5.56 Å². The second-order valence-electron chi connectivity index (χ2n) is 5.39. The maximum atomic E-state index is 12.5. The SMILES string of the molecule is O=C(Oc1ccc([N+](=O)[O-])cc1)[C@H](Cc1ccccc1)NC(=O)C(F)(F)F. The van der Waals surface area contributed by atoms with Crippen molar-refractivity contribution in [1.29, 1.82) is 0 Å². The topological polar surface area (TPSA) is 98.5 Å². The minimum absolute atomic E-state index is 0.107. The summed E-state index contributed by atoms with van der Waals surface area (Å²) in [6.45, 7) is 0. The van der Waals surface area contributed by atoms with Crippen molar-refractivity contribution in [2.24, 2.45) is 0 Å². The number of amides is 1. The minimum atomic E-state index is -5.16. The van der Waals surface area contributed by atoms with Crippen molar-refractivity contribution in [2.75, 3.05) is 0 Å². The van der Waals surface area contributed by atoms with Gasteiger partial charge in [0, 0.05) is 18.6 Å². The van der Waals surface area contributed by atoms with E-state index in [1.54, 1.807) is 35.6 Å². The number of ether oxygens (including phenoxy) is 1. The lowest BCUT2D eigenvalue weighted by Gasteiger charge is -2.18. The van der Waals surface area contributed by atoms with E-state index in [4.69, 9.17) is 4.74 Å². The average molecular weight is 382 g/mol. The molecule has 0 saturated heterocycles. The summed E-state index contributed by atoms with van der Waals surface area (Å²) in [6, 6.07) is 10.9. The van der Waals surface area contributed by atoms with Crippen LogP contribution in [0.3, 0.4) is 0 Å². The Kier molecular flexibility index (Phi) is 6.11. The van der Waals surface area contributed by atoms with Gasteiger partial charge in [-0.1, -0.05) is 30.3 Å². The molecule has 1 amide bonds. The number of carbonyl (C=O) groups excluding carboxylic acids is 2. The number of non-ortho nitro benzene ring substituents is 1. The molecule has 0 radical (unpaired) electrons. The van der Waals surface area contributed by atoms with E-state index in [9.17, 15) is 32.9 Å². The predicted molar refractivity (Wildman–Crippen MR) is 86.9 cm³/mol. The Morgan fingerprint density at radius 1 is 1.07 bits per heavy atom. The summed E-state index contributed by atoms with van der Waals surface area (Å²) in [5, 5.41) is 12.2. The van der Waals surface area contributed by atoms with Gasteiger partial charge < -0.3 is 10.1 Å². The third kappa shape index (κ3) is 5.80. The third-order valence-corrected chi connectivity index (χ3v) is 3.40.